The van der Waals surface area contributed by atoms with Gasteiger partial charge in [0.1, 0.15) is 0 Å². The Bertz CT molecular complexity index is 289. The van der Waals surface area contributed by atoms with E-state index in [0.29, 0.717) is 5.92 Å². The molecule has 1 aromatic heterocycles. The zero-order valence-corrected chi connectivity index (χ0v) is 10.1. The molecule has 1 aliphatic rings. The third-order valence-electron chi connectivity index (χ3n) is 3.48. The summed E-state index contributed by atoms with van der Waals surface area (Å²) in [5.74, 6) is 0.468. The van der Waals surface area contributed by atoms with Gasteiger partial charge in [-0.3, -0.25) is 0 Å². The fourth-order valence-electron chi connectivity index (χ4n) is 2.52. The maximum atomic E-state index is 10.5. The SMILES string of the molecule is CC(O)(Cc1nccs1)C1CCCCC1. The van der Waals surface area contributed by atoms with Crippen molar-refractivity contribution in [3.63, 3.8) is 0 Å². The Morgan fingerprint density at radius 2 is 2.20 bits per heavy atom. The summed E-state index contributed by atoms with van der Waals surface area (Å²) >= 11 is 1.64. The number of nitrogens with zero attached hydrogens (tertiary/aromatic N) is 1. The molecule has 84 valence electrons. The van der Waals surface area contributed by atoms with Gasteiger partial charge in [0.15, 0.2) is 0 Å². The van der Waals surface area contributed by atoms with E-state index in [1.54, 1.807) is 11.3 Å². The van der Waals surface area contributed by atoms with E-state index >= 15 is 0 Å². The molecule has 1 atom stereocenters. The largest absolute Gasteiger partial charge is 0.389 e. The highest BCUT2D eigenvalue weighted by atomic mass is 32.1. The summed E-state index contributed by atoms with van der Waals surface area (Å²) in [4.78, 5) is 4.25. The Morgan fingerprint density at radius 3 is 2.80 bits per heavy atom. The topological polar surface area (TPSA) is 33.1 Å². The molecular formula is C12H19NOS. The van der Waals surface area contributed by atoms with Crippen LogP contribution in [-0.4, -0.2) is 15.7 Å². The molecule has 1 heterocycles. The molecular weight excluding hydrogens is 206 g/mol. The van der Waals surface area contributed by atoms with E-state index in [-0.39, 0.29) is 0 Å². The molecule has 1 fully saturated rings. The van der Waals surface area contributed by atoms with Crippen LogP contribution in [0.3, 0.4) is 0 Å². The fourth-order valence-corrected chi connectivity index (χ4v) is 3.29. The van der Waals surface area contributed by atoms with Crippen LogP contribution < -0.4 is 0 Å². The third-order valence-corrected chi connectivity index (χ3v) is 4.26. The molecule has 0 amide bonds. The van der Waals surface area contributed by atoms with Crippen molar-refractivity contribution in [2.45, 2.75) is 51.0 Å². The van der Waals surface area contributed by atoms with E-state index in [4.69, 9.17) is 0 Å². The van der Waals surface area contributed by atoms with Crippen LogP contribution in [0.15, 0.2) is 11.6 Å². The standard InChI is InChI=1S/C12H19NOS/c1-12(14,9-11-13-7-8-15-11)10-5-3-2-4-6-10/h7-8,10,14H,2-6,9H2,1H3. The first-order valence-corrected chi connectivity index (χ1v) is 6.67. The van der Waals surface area contributed by atoms with Gasteiger partial charge in [-0.2, -0.15) is 0 Å². The van der Waals surface area contributed by atoms with Gasteiger partial charge < -0.3 is 5.11 Å². The van der Waals surface area contributed by atoms with Gasteiger partial charge in [0.05, 0.1) is 10.6 Å². The molecule has 0 radical (unpaired) electrons. The molecule has 2 rings (SSSR count). The lowest BCUT2D eigenvalue weighted by atomic mass is 9.76. The van der Waals surface area contributed by atoms with Gasteiger partial charge in [0.2, 0.25) is 0 Å². The van der Waals surface area contributed by atoms with Crippen LogP contribution in [0.25, 0.3) is 0 Å². The van der Waals surface area contributed by atoms with Crippen LogP contribution in [0, 0.1) is 5.92 Å². The number of hydrogen-bond acceptors (Lipinski definition) is 3. The molecule has 0 bridgehead atoms. The first-order chi connectivity index (χ1) is 7.18. The fraction of sp³-hybridized carbons (Fsp3) is 0.750. The van der Waals surface area contributed by atoms with Gasteiger partial charge >= 0.3 is 0 Å². The molecule has 2 nitrogen and oxygen atoms in total. The molecule has 1 aliphatic carbocycles. The number of hydrogen-bond donors (Lipinski definition) is 1. The quantitative estimate of drug-likeness (QED) is 0.857. The van der Waals surface area contributed by atoms with Crippen molar-refractivity contribution in [1.82, 2.24) is 4.98 Å². The Kier molecular flexibility index (Phi) is 3.42. The van der Waals surface area contributed by atoms with Gasteiger partial charge in [-0.25, -0.2) is 4.98 Å². The zero-order chi connectivity index (χ0) is 10.7. The van der Waals surface area contributed by atoms with E-state index in [1.165, 1.54) is 32.1 Å². The van der Waals surface area contributed by atoms with Crippen molar-refractivity contribution >= 4 is 11.3 Å². The van der Waals surface area contributed by atoms with Crippen molar-refractivity contribution < 1.29 is 5.11 Å². The third kappa shape index (κ3) is 2.79. The lowest BCUT2D eigenvalue weighted by molar-refractivity contribution is -0.0159. The van der Waals surface area contributed by atoms with Crippen molar-refractivity contribution in [3.05, 3.63) is 16.6 Å². The minimum Gasteiger partial charge on any atom is -0.389 e. The van der Waals surface area contributed by atoms with E-state index in [9.17, 15) is 5.11 Å². The average Bonchev–Trinajstić information content (AvgIpc) is 2.71. The molecule has 0 aliphatic heterocycles. The Morgan fingerprint density at radius 1 is 1.47 bits per heavy atom. The summed E-state index contributed by atoms with van der Waals surface area (Å²) in [6, 6.07) is 0. The van der Waals surface area contributed by atoms with E-state index in [1.807, 2.05) is 18.5 Å². The summed E-state index contributed by atoms with van der Waals surface area (Å²) < 4.78 is 0. The Labute approximate surface area is 95.4 Å². The summed E-state index contributed by atoms with van der Waals surface area (Å²) in [6.45, 7) is 1.98. The van der Waals surface area contributed by atoms with Crippen LogP contribution in [0.2, 0.25) is 0 Å². The normalized spacial score (nSPS) is 22.5. The Hall–Kier alpha value is -0.410. The summed E-state index contributed by atoms with van der Waals surface area (Å²) in [6.07, 6.45) is 8.78. The van der Waals surface area contributed by atoms with Gasteiger partial charge in [0.25, 0.3) is 0 Å². The molecule has 3 heteroatoms. The number of thiazole rings is 1. The molecule has 1 N–H and O–H groups in total. The number of aliphatic hydroxyl groups is 1. The first kappa shape index (κ1) is 11.1. The predicted molar refractivity (Wildman–Crippen MR) is 63.0 cm³/mol. The minimum absolute atomic E-state index is 0.468. The van der Waals surface area contributed by atoms with E-state index in [0.717, 1.165) is 11.4 Å². The lowest BCUT2D eigenvalue weighted by Crippen LogP contribution is -2.38. The molecule has 0 aromatic carbocycles. The Balaban J connectivity index is 1.98. The lowest BCUT2D eigenvalue weighted by Gasteiger charge is -2.35. The number of aromatic nitrogens is 1. The van der Waals surface area contributed by atoms with Crippen molar-refractivity contribution in [1.29, 1.82) is 0 Å². The molecule has 15 heavy (non-hydrogen) atoms. The molecule has 1 aromatic rings. The van der Waals surface area contributed by atoms with Crippen LogP contribution in [0.5, 0.6) is 0 Å². The molecule has 1 saturated carbocycles. The zero-order valence-electron chi connectivity index (χ0n) is 9.28. The second-order valence-corrected chi connectivity index (χ2v) is 5.77. The average molecular weight is 225 g/mol. The van der Waals surface area contributed by atoms with Crippen LogP contribution in [-0.2, 0) is 6.42 Å². The highest BCUT2D eigenvalue weighted by Gasteiger charge is 2.33. The second kappa shape index (κ2) is 4.62. The van der Waals surface area contributed by atoms with Gasteiger partial charge in [-0.1, -0.05) is 19.3 Å². The predicted octanol–water partition coefficient (Wildman–Crippen LogP) is 3.02. The minimum atomic E-state index is -0.557. The van der Waals surface area contributed by atoms with Gasteiger partial charge in [-0.05, 0) is 25.7 Å². The van der Waals surface area contributed by atoms with Crippen LogP contribution in [0.1, 0.15) is 44.0 Å². The van der Waals surface area contributed by atoms with Crippen LogP contribution >= 0.6 is 11.3 Å². The smallest absolute Gasteiger partial charge is 0.0953 e. The van der Waals surface area contributed by atoms with Crippen molar-refractivity contribution in [3.8, 4) is 0 Å². The van der Waals surface area contributed by atoms with Gasteiger partial charge in [0, 0.05) is 18.0 Å². The maximum Gasteiger partial charge on any atom is 0.0953 e. The maximum absolute atomic E-state index is 10.5. The highest BCUT2D eigenvalue weighted by Crippen LogP contribution is 2.34. The van der Waals surface area contributed by atoms with E-state index < -0.39 is 5.60 Å². The second-order valence-electron chi connectivity index (χ2n) is 4.79. The molecule has 1 unspecified atom stereocenters. The summed E-state index contributed by atoms with van der Waals surface area (Å²) in [5, 5.41) is 13.5. The summed E-state index contributed by atoms with van der Waals surface area (Å²) in [5.41, 5.74) is -0.557. The van der Waals surface area contributed by atoms with Gasteiger partial charge in [-0.15, -0.1) is 11.3 Å². The van der Waals surface area contributed by atoms with Crippen LogP contribution in [0.4, 0.5) is 0 Å². The van der Waals surface area contributed by atoms with Crippen molar-refractivity contribution in [2.24, 2.45) is 5.92 Å². The molecule has 0 spiro atoms. The summed E-state index contributed by atoms with van der Waals surface area (Å²) in [7, 11) is 0. The number of rotatable bonds is 3. The molecule has 0 saturated heterocycles. The highest BCUT2D eigenvalue weighted by molar-refractivity contribution is 7.09. The monoisotopic (exact) mass is 225 g/mol. The first-order valence-electron chi connectivity index (χ1n) is 5.79. The van der Waals surface area contributed by atoms with E-state index in [2.05, 4.69) is 4.98 Å². The van der Waals surface area contributed by atoms with Crippen molar-refractivity contribution in [2.75, 3.05) is 0 Å².